The maximum atomic E-state index is 13.5. The molecule has 2 fully saturated rings. The van der Waals surface area contributed by atoms with Crippen LogP contribution in [-0.2, 0) is 14.3 Å². The molecule has 7 heteroatoms. The standard InChI is InChI=1S/C28H32N2O5/c1-27(25(32)33,18-13-14-18)29-24(31)28(15-7-2-8-16-28)30-26(34)35-17-23-21-11-5-3-9-19(21)20-10-4-6-12-22(20)23/h3-6,9-12,18,23H,2,7-8,13-17H2,1H3,(H,29,31)(H,30,34)(H,32,33). The molecular weight excluding hydrogens is 444 g/mol. The number of nitrogens with one attached hydrogen (secondary N) is 2. The average Bonchev–Trinajstić information content (AvgIpc) is 3.67. The zero-order chi connectivity index (χ0) is 24.6. The second-order valence-corrected chi connectivity index (χ2v) is 10.3. The number of benzene rings is 2. The van der Waals surface area contributed by atoms with Gasteiger partial charge in [0.1, 0.15) is 17.7 Å². The zero-order valence-electron chi connectivity index (χ0n) is 20.0. The number of carbonyl (C=O) groups excluding carboxylic acids is 2. The Morgan fingerprint density at radius 1 is 0.971 bits per heavy atom. The summed E-state index contributed by atoms with van der Waals surface area (Å²) in [6.07, 6.45) is 4.36. The number of carbonyl (C=O) groups is 3. The molecule has 0 aliphatic heterocycles. The van der Waals surface area contributed by atoms with Crippen molar-refractivity contribution >= 4 is 18.0 Å². The first-order valence-corrected chi connectivity index (χ1v) is 12.5. The van der Waals surface area contributed by atoms with Crippen molar-refractivity contribution in [2.24, 2.45) is 5.92 Å². The van der Waals surface area contributed by atoms with E-state index in [0.29, 0.717) is 12.8 Å². The smallest absolute Gasteiger partial charge is 0.408 e. The number of ether oxygens (including phenoxy) is 1. The zero-order valence-corrected chi connectivity index (χ0v) is 20.0. The van der Waals surface area contributed by atoms with Gasteiger partial charge in [-0.3, -0.25) is 4.79 Å². The lowest BCUT2D eigenvalue weighted by molar-refractivity contribution is -0.149. The fourth-order valence-corrected chi connectivity index (χ4v) is 5.74. The molecule has 184 valence electrons. The highest BCUT2D eigenvalue weighted by atomic mass is 16.5. The highest BCUT2D eigenvalue weighted by Crippen LogP contribution is 2.44. The molecule has 2 aromatic carbocycles. The minimum absolute atomic E-state index is 0.0746. The number of alkyl carbamates (subject to hydrolysis) is 1. The molecule has 35 heavy (non-hydrogen) atoms. The molecule has 0 spiro atoms. The number of aliphatic carboxylic acids is 1. The highest BCUT2D eigenvalue weighted by molar-refractivity contribution is 5.94. The second kappa shape index (κ2) is 9.02. The number of amides is 2. The topological polar surface area (TPSA) is 105 Å². The molecule has 3 aliphatic carbocycles. The normalized spacial score (nSPS) is 20.1. The van der Waals surface area contributed by atoms with Crippen LogP contribution in [0.4, 0.5) is 4.79 Å². The molecule has 3 N–H and O–H groups in total. The maximum absolute atomic E-state index is 13.5. The largest absolute Gasteiger partial charge is 0.480 e. The molecule has 1 unspecified atom stereocenters. The van der Waals surface area contributed by atoms with Crippen LogP contribution in [0, 0.1) is 5.92 Å². The Morgan fingerprint density at radius 3 is 2.09 bits per heavy atom. The predicted molar refractivity (Wildman–Crippen MR) is 131 cm³/mol. The molecule has 7 nitrogen and oxygen atoms in total. The van der Waals surface area contributed by atoms with Gasteiger partial charge in [0.15, 0.2) is 0 Å². The molecule has 1 atom stereocenters. The minimum atomic E-state index is -1.33. The lowest BCUT2D eigenvalue weighted by Crippen LogP contribution is -2.65. The van der Waals surface area contributed by atoms with Crippen molar-refractivity contribution in [1.29, 1.82) is 0 Å². The summed E-state index contributed by atoms with van der Waals surface area (Å²) in [6, 6.07) is 16.2. The van der Waals surface area contributed by atoms with Crippen molar-refractivity contribution in [3.63, 3.8) is 0 Å². The molecule has 0 saturated heterocycles. The number of hydrogen-bond donors (Lipinski definition) is 3. The molecule has 0 aromatic heterocycles. The highest BCUT2D eigenvalue weighted by Gasteiger charge is 2.52. The van der Waals surface area contributed by atoms with Gasteiger partial charge in [-0.05, 0) is 60.8 Å². The molecule has 3 aliphatic rings. The van der Waals surface area contributed by atoms with Crippen molar-refractivity contribution in [1.82, 2.24) is 10.6 Å². The van der Waals surface area contributed by atoms with E-state index >= 15 is 0 Å². The second-order valence-electron chi connectivity index (χ2n) is 10.3. The summed E-state index contributed by atoms with van der Waals surface area (Å²) >= 11 is 0. The van der Waals surface area contributed by atoms with Gasteiger partial charge in [0.2, 0.25) is 5.91 Å². The summed E-state index contributed by atoms with van der Waals surface area (Å²) in [5, 5.41) is 15.4. The Labute approximate surface area is 205 Å². The van der Waals surface area contributed by atoms with Crippen LogP contribution in [0.2, 0.25) is 0 Å². The summed E-state index contributed by atoms with van der Waals surface area (Å²) in [7, 11) is 0. The number of rotatable bonds is 7. The monoisotopic (exact) mass is 476 g/mol. The maximum Gasteiger partial charge on any atom is 0.408 e. The number of carboxylic acid groups (broad SMARTS) is 1. The van der Waals surface area contributed by atoms with E-state index in [9.17, 15) is 19.5 Å². The fourth-order valence-electron chi connectivity index (χ4n) is 5.74. The number of carboxylic acids is 1. The molecule has 0 radical (unpaired) electrons. The molecule has 2 saturated carbocycles. The molecule has 5 rings (SSSR count). The molecule has 0 heterocycles. The van der Waals surface area contributed by atoms with Crippen molar-refractivity contribution in [3.05, 3.63) is 59.7 Å². The van der Waals surface area contributed by atoms with Crippen LogP contribution < -0.4 is 10.6 Å². The van der Waals surface area contributed by atoms with Crippen LogP contribution in [0.1, 0.15) is 68.9 Å². The van der Waals surface area contributed by atoms with E-state index in [0.717, 1.165) is 54.4 Å². The number of hydrogen-bond acceptors (Lipinski definition) is 4. The van der Waals surface area contributed by atoms with Crippen molar-refractivity contribution in [3.8, 4) is 11.1 Å². The van der Waals surface area contributed by atoms with E-state index in [4.69, 9.17) is 4.74 Å². The first-order valence-electron chi connectivity index (χ1n) is 12.5. The Bertz CT molecular complexity index is 1110. The third kappa shape index (κ3) is 4.28. The van der Waals surface area contributed by atoms with E-state index in [-0.39, 0.29) is 18.4 Å². The minimum Gasteiger partial charge on any atom is -0.480 e. The Kier molecular flexibility index (Phi) is 6.03. The van der Waals surface area contributed by atoms with Gasteiger partial charge in [-0.15, -0.1) is 0 Å². The third-order valence-corrected chi connectivity index (χ3v) is 8.04. The van der Waals surface area contributed by atoms with Gasteiger partial charge in [-0.2, -0.15) is 0 Å². The van der Waals surface area contributed by atoms with E-state index in [2.05, 4.69) is 34.9 Å². The van der Waals surface area contributed by atoms with Crippen LogP contribution in [0.25, 0.3) is 11.1 Å². The molecule has 2 aromatic rings. The van der Waals surface area contributed by atoms with Gasteiger partial charge in [0, 0.05) is 5.92 Å². The third-order valence-electron chi connectivity index (χ3n) is 8.04. The van der Waals surface area contributed by atoms with E-state index in [1.807, 2.05) is 24.3 Å². The summed E-state index contributed by atoms with van der Waals surface area (Å²) in [5.41, 5.74) is 2.04. The Balaban J connectivity index is 1.30. The lowest BCUT2D eigenvalue weighted by Gasteiger charge is -2.39. The average molecular weight is 477 g/mol. The van der Waals surface area contributed by atoms with E-state index < -0.39 is 29.0 Å². The van der Waals surface area contributed by atoms with E-state index in [1.165, 1.54) is 0 Å². The summed E-state index contributed by atoms with van der Waals surface area (Å²) in [5.74, 6) is -1.63. The SMILES string of the molecule is CC(NC(=O)C1(NC(=O)OCC2c3ccccc3-c3ccccc32)CCCCC1)(C(=O)O)C1CC1. The van der Waals surface area contributed by atoms with Crippen molar-refractivity contribution in [2.75, 3.05) is 6.61 Å². The Morgan fingerprint density at radius 2 is 1.54 bits per heavy atom. The summed E-state index contributed by atoms with van der Waals surface area (Å²) in [6.45, 7) is 1.72. The first-order chi connectivity index (χ1) is 16.8. The fraction of sp³-hybridized carbons (Fsp3) is 0.464. The van der Waals surface area contributed by atoms with Crippen molar-refractivity contribution in [2.45, 2.75) is 68.9 Å². The van der Waals surface area contributed by atoms with Gasteiger partial charge in [-0.25, -0.2) is 9.59 Å². The Hall–Kier alpha value is -3.35. The number of fused-ring (bicyclic) bond motifs is 3. The predicted octanol–water partition coefficient (Wildman–Crippen LogP) is 4.60. The molecule has 0 bridgehead atoms. The van der Waals surface area contributed by atoms with Gasteiger partial charge in [0.05, 0.1) is 0 Å². The van der Waals surface area contributed by atoms with Crippen LogP contribution in [0.3, 0.4) is 0 Å². The van der Waals surface area contributed by atoms with E-state index in [1.54, 1.807) is 6.92 Å². The van der Waals surface area contributed by atoms with Gasteiger partial charge in [-0.1, -0.05) is 67.8 Å². The van der Waals surface area contributed by atoms with Crippen LogP contribution in [0.15, 0.2) is 48.5 Å². The van der Waals surface area contributed by atoms with Gasteiger partial charge < -0.3 is 20.5 Å². The summed E-state index contributed by atoms with van der Waals surface area (Å²) in [4.78, 5) is 38.4. The first kappa shape index (κ1) is 23.4. The molecular formula is C28H32N2O5. The van der Waals surface area contributed by atoms with Crippen molar-refractivity contribution < 1.29 is 24.2 Å². The van der Waals surface area contributed by atoms with Gasteiger partial charge >= 0.3 is 12.1 Å². The van der Waals surface area contributed by atoms with Gasteiger partial charge in [0.25, 0.3) is 0 Å². The molecule has 2 amide bonds. The lowest BCUT2D eigenvalue weighted by atomic mass is 9.80. The van der Waals surface area contributed by atoms with Crippen LogP contribution >= 0.6 is 0 Å². The van der Waals surface area contributed by atoms with Crippen LogP contribution in [0.5, 0.6) is 0 Å². The van der Waals surface area contributed by atoms with Crippen LogP contribution in [-0.4, -0.2) is 40.8 Å². The quantitative estimate of drug-likeness (QED) is 0.542. The summed E-state index contributed by atoms with van der Waals surface area (Å²) < 4.78 is 5.71.